The van der Waals surface area contributed by atoms with E-state index in [1.807, 2.05) is 30.3 Å². The van der Waals surface area contributed by atoms with Gasteiger partial charge in [-0.1, -0.05) is 41.9 Å². The van der Waals surface area contributed by atoms with Crippen LogP contribution in [0.2, 0.25) is 5.15 Å². The van der Waals surface area contributed by atoms with Gasteiger partial charge in [-0.3, -0.25) is 5.10 Å². The summed E-state index contributed by atoms with van der Waals surface area (Å²) in [5.41, 5.74) is 2.44. The van der Waals surface area contributed by atoms with E-state index >= 15 is 0 Å². The van der Waals surface area contributed by atoms with Crippen LogP contribution in [0.25, 0.3) is 22.3 Å². The number of fused-ring (bicyclic) bond motifs is 1. The Morgan fingerprint density at radius 2 is 1.88 bits per heavy atom. The van der Waals surface area contributed by atoms with Crippen molar-refractivity contribution >= 4 is 22.6 Å². The van der Waals surface area contributed by atoms with Gasteiger partial charge in [-0.05, 0) is 6.92 Å². The molecule has 0 fully saturated rings. The van der Waals surface area contributed by atoms with Crippen LogP contribution in [0, 0.1) is 6.92 Å². The first kappa shape index (κ1) is 10.2. The third-order valence-electron chi connectivity index (χ3n) is 2.53. The van der Waals surface area contributed by atoms with Gasteiger partial charge in [0.15, 0.2) is 5.65 Å². The van der Waals surface area contributed by atoms with E-state index in [2.05, 4.69) is 20.2 Å². The van der Waals surface area contributed by atoms with Crippen molar-refractivity contribution in [1.29, 1.82) is 0 Å². The number of aromatic nitrogens is 4. The number of rotatable bonds is 1. The van der Waals surface area contributed by atoms with Crippen LogP contribution in [0.3, 0.4) is 0 Å². The van der Waals surface area contributed by atoms with Gasteiger partial charge < -0.3 is 0 Å². The SMILES string of the molecule is Cc1nc(Cl)c2c(-c3ccccc3)n[nH]c2n1. The monoisotopic (exact) mass is 244 g/mol. The van der Waals surface area contributed by atoms with Crippen LogP contribution >= 0.6 is 11.6 Å². The summed E-state index contributed by atoms with van der Waals surface area (Å²) in [5.74, 6) is 0.630. The Morgan fingerprint density at radius 1 is 1.12 bits per heavy atom. The molecule has 1 N–H and O–H groups in total. The van der Waals surface area contributed by atoms with E-state index in [0.29, 0.717) is 16.6 Å². The molecular weight excluding hydrogens is 236 g/mol. The molecule has 0 spiro atoms. The Morgan fingerprint density at radius 3 is 2.65 bits per heavy atom. The number of halogens is 1. The number of hydrogen-bond donors (Lipinski definition) is 1. The second-order valence-electron chi connectivity index (χ2n) is 3.72. The molecular formula is C12H9ClN4. The standard InChI is InChI=1S/C12H9ClN4/c1-7-14-11(13)9-10(16-17-12(9)15-7)8-5-3-2-4-6-8/h2-6H,1H3,(H,14,15,16,17). The molecule has 0 aliphatic carbocycles. The minimum absolute atomic E-state index is 0.431. The van der Waals surface area contributed by atoms with Crippen LogP contribution in [0.1, 0.15) is 5.82 Å². The fourth-order valence-electron chi connectivity index (χ4n) is 1.80. The van der Waals surface area contributed by atoms with Crippen LogP contribution in [0.5, 0.6) is 0 Å². The Labute approximate surface area is 103 Å². The Kier molecular flexibility index (Phi) is 2.30. The number of aromatic amines is 1. The number of nitrogens with one attached hydrogen (secondary N) is 1. The fraction of sp³-hybridized carbons (Fsp3) is 0.0833. The van der Waals surface area contributed by atoms with Crippen molar-refractivity contribution in [3.05, 3.63) is 41.3 Å². The van der Waals surface area contributed by atoms with Crippen LogP contribution in [0.4, 0.5) is 0 Å². The second kappa shape index (κ2) is 3.82. The Bertz CT molecular complexity index is 676. The largest absolute Gasteiger partial charge is 0.260 e. The van der Waals surface area contributed by atoms with Gasteiger partial charge in [-0.2, -0.15) is 5.10 Å². The van der Waals surface area contributed by atoms with Gasteiger partial charge in [0.2, 0.25) is 0 Å². The highest BCUT2D eigenvalue weighted by atomic mass is 35.5. The number of benzene rings is 1. The van der Waals surface area contributed by atoms with Crippen LogP contribution < -0.4 is 0 Å². The summed E-state index contributed by atoms with van der Waals surface area (Å²) in [6.07, 6.45) is 0. The van der Waals surface area contributed by atoms with E-state index in [4.69, 9.17) is 11.6 Å². The summed E-state index contributed by atoms with van der Waals surface area (Å²) in [4.78, 5) is 8.42. The molecule has 0 bridgehead atoms. The summed E-state index contributed by atoms with van der Waals surface area (Å²) < 4.78 is 0. The van der Waals surface area contributed by atoms with Crippen LogP contribution in [0.15, 0.2) is 30.3 Å². The van der Waals surface area contributed by atoms with Gasteiger partial charge in [0.1, 0.15) is 16.7 Å². The molecule has 2 aromatic heterocycles. The summed E-state index contributed by atoms with van der Waals surface area (Å²) in [7, 11) is 0. The first-order chi connectivity index (χ1) is 8.25. The van der Waals surface area contributed by atoms with Crippen molar-refractivity contribution in [1.82, 2.24) is 20.2 Å². The topological polar surface area (TPSA) is 54.5 Å². The maximum atomic E-state index is 6.15. The number of H-pyrrole nitrogens is 1. The number of nitrogens with zero attached hydrogens (tertiary/aromatic N) is 3. The van der Waals surface area contributed by atoms with Crippen molar-refractivity contribution in [2.75, 3.05) is 0 Å². The lowest BCUT2D eigenvalue weighted by Crippen LogP contribution is -1.89. The van der Waals surface area contributed by atoms with E-state index in [1.54, 1.807) is 6.92 Å². The molecule has 0 saturated carbocycles. The lowest BCUT2D eigenvalue weighted by Gasteiger charge is -1.99. The lowest BCUT2D eigenvalue weighted by atomic mass is 10.1. The second-order valence-corrected chi connectivity index (χ2v) is 4.08. The maximum Gasteiger partial charge on any atom is 0.161 e. The lowest BCUT2D eigenvalue weighted by molar-refractivity contribution is 1.05. The van der Waals surface area contributed by atoms with Gasteiger partial charge in [0.05, 0.1) is 5.39 Å². The highest BCUT2D eigenvalue weighted by Gasteiger charge is 2.13. The summed E-state index contributed by atoms with van der Waals surface area (Å²) in [5, 5.41) is 8.34. The molecule has 17 heavy (non-hydrogen) atoms. The van der Waals surface area contributed by atoms with E-state index < -0.39 is 0 Å². The Hall–Kier alpha value is -1.94. The first-order valence-corrected chi connectivity index (χ1v) is 5.57. The third-order valence-corrected chi connectivity index (χ3v) is 2.81. The predicted octanol–water partition coefficient (Wildman–Crippen LogP) is 2.98. The predicted molar refractivity (Wildman–Crippen MR) is 66.9 cm³/mol. The molecule has 3 rings (SSSR count). The summed E-state index contributed by atoms with van der Waals surface area (Å²) >= 11 is 6.15. The summed E-state index contributed by atoms with van der Waals surface area (Å²) in [6, 6.07) is 9.83. The zero-order valence-corrected chi connectivity index (χ0v) is 9.86. The fourth-order valence-corrected chi connectivity index (χ4v) is 2.10. The van der Waals surface area contributed by atoms with Gasteiger partial charge in [-0.15, -0.1) is 0 Å². The molecule has 0 unspecified atom stereocenters. The smallest absolute Gasteiger partial charge is 0.161 e. The van der Waals surface area contributed by atoms with Crippen LogP contribution in [-0.4, -0.2) is 20.2 Å². The minimum Gasteiger partial charge on any atom is -0.260 e. The zero-order chi connectivity index (χ0) is 11.8. The van der Waals surface area contributed by atoms with E-state index in [9.17, 15) is 0 Å². The van der Waals surface area contributed by atoms with Gasteiger partial charge in [0, 0.05) is 5.56 Å². The molecule has 1 aromatic carbocycles. The molecule has 4 nitrogen and oxygen atoms in total. The van der Waals surface area contributed by atoms with Crippen molar-refractivity contribution < 1.29 is 0 Å². The van der Waals surface area contributed by atoms with Crippen molar-refractivity contribution in [3.8, 4) is 11.3 Å². The molecule has 0 aliphatic heterocycles. The highest BCUT2D eigenvalue weighted by molar-refractivity contribution is 6.35. The normalized spacial score (nSPS) is 10.9. The molecule has 0 atom stereocenters. The third kappa shape index (κ3) is 1.66. The number of hydrogen-bond acceptors (Lipinski definition) is 3. The molecule has 0 aliphatic rings. The molecule has 0 amide bonds. The van der Waals surface area contributed by atoms with E-state index in [0.717, 1.165) is 16.6 Å². The summed E-state index contributed by atoms with van der Waals surface area (Å²) in [6.45, 7) is 1.80. The van der Waals surface area contributed by atoms with E-state index in [-0.39, 0.29) is 0 Å². The van der Waals surface area contributed by atoms with Crippen molar-refractivity contribution in [3.63, 3.8) is 0 Å². The minimum atomic E-state index is 0.431. The molecule has 2 heterocycles. The van der Waals surface area contributed by atoms with Crippen molar-refractivity contribution in [2.24, 2.45) is 0 Å². The molecule has 5 heteroatoms. The highest BCUT2D eigenvalue weighted by Crippen LogP contribution is 2.29. The average Bonchev–Trinajstić information content (AvgIpc) is 2.74. The van der Waals surface area contributed by atoms with Crippen molar-refractivity contribution in [2.45, 2.75) is 6.92 Å². The quantitative estimate of drug-likeness (QED) is 0.670. The maximum absolute atomic E-state index is 6.15. The Balaban J connectivity index is 2.32. The molecule has 0 saturated heterocycles. The molecule has 3 aromatic rings. The van der Waals surface area contributed by atoms with Crippen LogP contribution in [-0.2, 0) is 0 Å². The molecule has 84 valence electrons. The average molecular weight is 245 g/mol. The molecule has 0 radical (unpaired) electrons. The van der Waals surface area contributed by atoms with Gasteiger partial charge in [-0.25, -0.2) is 9.97 Å². The van der Waals surface area contributed by atoms with E-state index in [1.165, 1.54) is 0 Å². The number of aryl methyl sites for hydroxylation is 1. The van der Waals surface area contributed by atoms with Gasteiger partial charge >= 0.3 is 0 Å². The van der Waals surface area contributed by atoms with Gasteiger partial charge in [0.25, 0.3) is 0 Å². The first-order valence-electron chi connectivity index (χ1n) is 5.19. The zero-order valence-electron chi connectivity index (χ0n) is 9.11.